The highest BCUT2D eigenvalue weighted by Crippen LogP contribution is 2.22. The molecule has 0 aliphatic carbocycles. The summed E-state index contributed by atoms with van der Waals surface area (Å²) in [5.74, 6) is -0.661. The van der Waals surface area contributed by atoms with Crippen molar-refractivity contribution in [3.05, 3.63) is 54.1 Å². The molecule has 0 aliphatic rings. The first-order valence-electron chi connectivity index (χ1n) is 7.42. The smallest absolute Gasteiger partial charge is 0.255 e. The van der Waals surface area contributed by atoms with Gasteiger partial charge in [0.2, 0.25) is 15.9 Å². The van der Waals surface area contributed by atoms with Crippen LogP contribution in [0.4, 0.5) is 11.4 Å². The normalized spacial score (nSPS) is 11.2. The number of rotatable bonds is 5. The molecule has 2 aromatic carbocycles. The zero-order valence-corrected chi connectivity index (χ0v) is 14.9. The van der Waals surface area contributed by atoms with E-state index in [9.17, 15) is 18.0 Å². The van der Waals surface area contributed by atoms with Gasteiger partial charge in [0.1, 0.15) is 0 Å². The molecule has 7 nitrogen and oxygen atoms in total. The summed E-state index contributed by atoms with van der Waals surface area (Å²) in [6.07, 6.45) is 0. The number of hydrogen-bond donors (Lipinski definition) is 2. The monoisotopic (exact) mass is 361 g/mol. The van der Waals surface area contributed by atoms with Crippen LogP contribution >= 0.6 is 0 Å². The Labute approximate surface area is 146 Å². The Bertz CT molecular complexity index is 890. The van der Waals surface area contributed by atoms with Gasteiger partial charge in [-0.3, -0.25) is 9.59 Å². The number of sulfonamides is 1. The number of nitrogens with one attached hydrogen (secondary N) is 2. The average molecular weight is 361 g/mol. The van der Waals surface area contributed by atoms with Crippen LogP contribution in [0.1, 0.15) is 17.3 Å². The van der Waals surface area contributed by atoms with Crippen LogP contribution in [0.5, 0.6) is 0 Å². The van der Waals surface area contributed by atoms with Gasteiger partial charge < -0.3 is 10.6 Å². The Balaban J connectivity index is 2.21. The summed E-state index contributed by atoms with van der Waals surface area (Å²) in [4.78, 5) is 23.7. The van der Waals surface area contributed by atoms with Crippen molar-refractivity contribution in [3.63, 3.8) is 0 Å². The van der Waals surface area contributed by atoms with Crippen LogP contribution in [-0.4, -0.2) is 38.6 Å². The number of amides is 2. The molecule has 2 amide bonds. The Morgan fingerprint density at radius 2 is 1.40 bits per heavy atom. The lowest BCUT2D eigenvalue weighted by molar-refractivity contribution is -0.114. The Morgan fingerprint density at radius 3 is 1.88 bits per heavy atom. The molecule has 0 aliphatic heterocycles. The van der Waals surface area contributed by atoms with Crippen LogP contribution in [0.3, 0.4) is 0 Å². The number of anilines is 2. The Kier molecular flexibility index (Phi) is 5.55. The predicted molar refractivity (Wildman–Crippen MR) is 96.0 cm³/mol. The standard InChI is InChI=1S/C17H19N3O4S/c1-12(21)18-15-6-4-5-7-16(15)19-17(22)13-8-10-14(11-9-13)25(23,24)20(2)3/h4-11H,1-3H3,(H,18,21)(H,19,22). The van der Waals surface area contributed by atoms with Gasteiger partial charge in [0.15, 0.2) is 0 Å². The molecule has 2 N–H and O–H groups in total. The maximum absolute atomic E-state index is 12.4. The minimum absolute atomic E-state index is 0.104. The highest BCUT2D eigenvalue weighted by molar-refractivity contribution is 7.89. The summed E-state index contributed by atoms with van der Waals surface area (Å²) in [6, 6.07) is 12.4. The molecule has 0 spiro atoms. The number of para-hydroxylation sites is 2. The number of carbonyl (C=O) groups is 2. The highest BCUT2D eigenvalue weighted by atomic mass is 32.2. The van der Waals surface area contributed by atoms with E-state index in [0.717, 1.165) is 4.31 Å². The highest BCUT2D eigenvalue weighted by Gasteiger charge is 2.17. The Morgan fingerprint density at radius 1 is 0.880 bits per heavy atom. The topological polar surface area (TPSA) is 95.6 Å². The van der Waals surface area contributed by atoms with Gasteiger partial charge in [0.05, 0.1) is 16.3 Å². The third-order valence-electron chi connectivity index (χ3n) is 3.38. The predicted octanol–water partition coefficient (Wildman–Crippen LogP) is 2.15. The largest absolute Gasteiger partial charge is 0.325 e. The fraction of sp³-hybridized carbons (Fsp3) is 0.176. The molecule has 8 heteroatoms. The average Bonchev–Trinajstić information content (AvgIpc) is 2.56. The minimum atomic E-state index is -3.54. The van der Waals surface area contributed by atoms with Crippen molar-refractivity contribution in [2.45, 2.75) is 11.8 Å². The molecule has 0 bridgehead atoms. The second-order valence-electron chi connectivity index (χ2n) is 5.49. The molecule has 0 unspecified atom stereocenters. The van der Waals surface area contributed by atoms with Crippen LogP contribution in [0, 0.1) is 0 Å². The summed E-state index contributed by atoms with van der Waals surface area (Å²) in [7, 11) is -0.666. The first kappa shape index (κ1) is 18.6. The number of carbonyl (C=O) groups excluding carboxylic acids is 2. The van der Waals surface area contributed by atoms with E-state index >= 15 is 0 Å². The van der Waals surface area contributed by atoms with Gasteiger partial charge >= 0.3 is 0 Å². The quantitative estimate of drug-likeness (QED) is 0.853. The number of hydrogen-bond acceptors (Lipinski definition) is 4. The minimum Gasteiger partial charge on any atom is -0.325 e. The molecule has 0 heterocycles. The van der Waals surface area contributed by atoms with Gasteiger partial charge in [-0.05, 0) is 36.4 Å². The van der Waals surface area contributed by atoms with Gasteiger partial charge in [0.25, 0.3) is 5.91 Å². The first-order chi connectivity index (χ1) is 11.7. The molecule has 0 saturated carbocycles. The maximum Gasteiger partial charge on any atom is 0.255 e. The third kappa shape index (κ3) is 4.43. The zero-order chi connectivity index (χ0) is 18.6. The van der Waals surface area contributed by atoms with Gasteiger partial charge in [-0.15, -0.1) is 0 Å². The van der Waals surface area contributed by atoms with E-state index in [4.69, 9.17) is 0 Å². The van der Waals surface area contributed by atoms with Crippen molar-refractivity contribution in [1.82, 2.24) is 4.31 Å². The van der Waals surface area contributed by atoms with E-state index in [1.54, 1.807) is 24.3 Å². The molecule has 25 heavy (non-hydrogen) atoms. The fourth-order valence-electron chi connectivity index (χ4n) is 2.07. The third-order valence-corrected chi connectivity index (χ3v) is 5.21. The summed E-state index contributed by atoms with van der Waals surface area (Å²) in [5.41, 5.74) is 1.23. The molecule has 0 aromatic heterocycles. The Hall–Kier alpha value is -2.71. The van der Waals surface area contributed by atoms with Crippen molar-refractivity contribution in [2.75, 3.05) is 24.7 Å². The van der Waals surface area contributed by atoms with Crippen molar-refractivity contribution in [1.29, 1.82) is 0 Å². The van der Waals surface area contributed by atoms with Gasteiger partial charge in [-0.2, -0.15) is 0 Å². The van der Waals surface area contributed by atoms with Gasteiger partial charge in [-0.25, -0.2) is 12.7 Å². The summed E-state index contributed by atoms with van der Waals surface area (Å²) < 4.78 is 25.2. The molecular weight excluding hydrogens is 342 g/mol. The van der Waals surface area contributed by atoms with E-state index in [-0.39, 0.29) is 10.8 Å². The molecule has 0 fully saturated rings. The van der Waals surface area contributed by atoms with Crippen molar-refractivity contribution in [3.8, 4) is 0 Å². The second-order valence-corrected chi connectivity index (χ2v) is 7.64. The van der Waals surface area contributed by atoms with Crippen molar-refractivity contribution >= 4 is 33.2 Å². The van der Waals surface area contributed by atoms with Crippen LogP contribution in [-0.2, 0) is 14.8 Å². The molecule has 0 atom stereocenters. The lowest BCUT2D eigenvalue weighted by Gasteiger charge is -2.13. The van der Waals surface area contributed by atoms with Crippen molar-refractivity contribution in [2.24, 2.45) is 0 Å². The molecular formula is C17H19N3O4S. The van der Waals surface area contributed by atoms with Crippen molar-refractivity contribution < 1.29 is 18.0 Å². The van der Waals surface area contributed by atoms with Crippen LogP contribution in [0.2, 0.25) is 0 Å². The number of nitrogens with zero attached hydrogens (tertiary/aromatic N) is 1. The maximum atomic E-state index is 12.4. The lowest BCUT2D eigenvalue weighted by Crippen LogP contribution is -2.22. The SMILES string of the molecule is CC(=O)Nc1ccccc1NC(=O)c1ccc(S(=O)(=O)N(C)C)cc1. The van der Waals surface area contributed by atoms with E-state index in [2.05, 4.69) is 10.6 Å². The molecule has 2 aromatic rings. The van der Waals surface area contributed by atoms with Crippen LogP contribution in [0.25, 0.3) is 0 Å². The summed E-state index contributed by atoms with van der Waals surface area (Å²) in [6.45, 7) is 1.38. The first-order valence-corrected chi connectivity index (χ1v) is 8.86. The van der Waals surface area contributed by atoms with E-state index in [1.165, 1.54) is 45.3 Å². The van der Waals surface area contributed by atoms with Crippen LogP contribution in [0.15, 0.2) is 53.4 Å². The molecule has 2 rings (SSSR count). The molecule has 0 radical (unpaired) electrons. The van der Waals surface area contributed by atoms with E-state index in [1.807, 2.05) is 0 Å². The molecule has 0 saturated heterocycles. The summed E-state index contributed by atoms with van der Waals surface area (Å²) >= 11 is 0. The van der Waals surface area contributed by atoms with Gasteiger partial charge in [0, 0.05) is 26.6 Å². The van der Waals surface area contributed by atoms with Crippen LogP contribution < -0.4 is 10.6 Å². The number of benzene rings is 2. The molecule has 132 valence electrons. The van der Waals surface area contributed by atoms with E-state index < -0.39 is 15.9 Å². The van der Waals surface area contributed by atoms with E-state index in [0.29, 0.717) is 16.9 Å². The lowest BCUT2D eigenvalue weighted by atomic mass is 10.2. The fourth-order valence-corrected chi connectivity index (χ4v) is 2.98. The zero-order valence-electron chi connectivity index (χ0n) is 14.1. The summed E-state index contributed by atoms with van der Waals surface area (Å²) in [5, 5.41) is 5.33. The van der Waals surface area contributed by atoms with Gasteiger partial charge in [-0.1, -0.05) is 12.1 Å². The second kappa shape index (κ2) is 7.45.